The molecule has 0 N–H and O–H groups in total. The molecule has 0 saturated carbocycles. The first-order chi connectivity index (χ1) is 19.2. The molecule has 7 rings (SSSR count). The van der Waals surface area contributed by atoms with Crippen LogP contribution in [0.3, 0.4) is 0 Å². The highest BCUT2D eigenvalue weighted by molar-refractivity contribution is 7.40. The zero-order valence-corrected chi connectivity index (χ0v) is 23.1. The zero-order valence-electron chi connectivity index (χ0n) is 21.3. The summed E-state index contributed by atoms with van der Waals surface area (Å²) >= 11 is 7.75. The van der Waals surface area contributed by atoms with E-state index in [4.69, 9.17) is 11.1 Å². The Labute approximate surface area is 234 Å². The molecule has 1 heterocycles. The molecule has 0 saturated heterocycles. The lowest BCUT2D eigenvalue weighted by molar-refractivity contribution is 1.18. The van der Waals surface area contributed by atoms with Crippen molar-refractivity contribution in [2.24, 2.45) is 0 Å². The Balaban J connectivity index is 1.39. The third-order valence-corrected chi connectivity index (χ3v) is 12.9. The summed E-state index contributed by atoms with van der Waals surface area (Å²) in [6.07, 6.45) is 0. The third-order valence-electron chi connectivity index (χ3n) is 7.62. The van der Waals surface area contributed by atoms with Crippen LogP contribution in [0.25, 0.3) is 38.6 Å². The number of rotatable bonds is 5. The highest BCUT2D eigenvalue weighted by Crippen LogP contribution is 2.33. The van der Waals surface area contributed by atoms with E-state index in [1.165, 1.54) is 48.5 Å². The van der Waals surface area contributed by atoms with Gasteiger partial charge in [-0.1, -0.05) is 133 Å². The smallest absolute Gasteiger partial charge is 0.247 e. The summed E-state index contributed by atoms with van der Waals surface area (Å²) in [6, 6.07) is 56.1. The summed E-state index contributed by atoms with van der Waals surface area (Å²) in [5.74, 6) is 0. The fourth-order valence-electron chi connectivity index (χ4n) is 5.77. The summed E-state index contributed by atoms with van der Waals surface area (Å²) in [4.78, 5) is 0. The van der Waals surface area contributed by atoms with Crippen LogP contribution >= 0.6 is 11.1 Å². The lowest BCUT2D eigenvalue weighted by Gasteiger charge is -2.27. The van der Waals surface area contributed by atoms with Gasteiger partial charge in [0.05, 0.1) is 11.0 Å². The van der Waals surface area contributed by atoms with Crippen molar-refractivity contribution in [3.8, 4) is 16.8 Å². The van der Waals surface area contributed by atoms with Crippen LogP contribution in [0, 0.1) is 0 Å². The summed E-state index contributed by atoms with van der Waals surface area (Å²) in [5, 5.41) is 6.10. The monoisotopic (exact) mass is 535 g/mol. The molecule has 0 aliphatic heterocycles. The van der Waals surface area contributed by atoms with Gasteiger partial charge in [-0.3, -0.25) is 0 Å². The fraction of sp³-hybridized carbons (Fsp3) is 0. The molecule has 0 radical (unpaired) electrons. The number of fused-ring (bicyclic) bond motifs is 3. The molecule has 6 aromatic carbocycles. The molecule has 7 aromatic rings. The van der Waals surface area contributed by atoms with Crippen LogP contribution in [-0.4, -0.2) is 12.0 Å². The first kappa shape index (κ1) is 23.7. The van der Waals surface area contributed by atoms with E-state index in [1.54, 1.807) is 0 Å². The predicted molar refractivity (Wildman–Crippen MR) is 170 cm³/mol. The lowest BCUT2D eigenvalue weighted by Crippen LogP contribution is -2.62. The van der Waals surface area contributed by atoms with Gasteiger partial charge in [0, 0.05) is 16.5 Å². The van der Waals surface area contributed by atoms with Gasteiger partial charge in [-0.25, -0.2) is 0 Å². The van der Waals surface area contributed by atoms with Crippen molar-refractivity contribution in [2.45, 2.75) is 0 Å². The van der Waals surface area contributed by atoms with Gasteiger partial charge in [0.15, 0.2) is 0 Å². The quantitative estimate of drug-likeness (QED) is 0.121. The number of nitrogens with zero attached hydrogens (tertiary/aromatic N) is 1. The summed E-state index contributed by atoms with van der Waals surface area (Å²) < 4.78 is 2.37. The number of hydrogen-bond acceptors (Lipinski definition) is 0. The second-order valence-corrected chi connectivity index (χ2v) is 14.6. The maximum atomic E-state index is 7.75. The van der Waals surface area contributed by atoms with Crippen LogP contribution < -0.4 is 15.6 Å². The maximum absolute atomic E-state index is 7.75. The average molecular weight is 536 g/mol. The van der Waals surface area contributed by atoms with Crippen molar-refractivity contribution in [1.82, 2.24) is 4.57 Å². The third kappa shape index (κ3) is 4.01. The minimum Gasteiger partial charge on any atom is -0.309 e. The van der Waals surface area contributed by atoms with Crippen molar-refractivity contribution in [2.75, 3.05) is 0 Å². The normalized spacial score (nSPS) is 11.7. The van der Waals surface area contributed by atoms with E-state index >= 15 is 0 Å². The highest BCUT2D eigenvalue weighted by Gasteiger charge is 2.37. The number of hydrogen-bond donors (Lipinski definition) is 0. The minimum atomic E-state index is -2.71. The highest BCUT2D eigenvalue weighted by atomic mass is 35.6. The molecule has 0 spiro atoms. The lowest BCUT2D eigenvalue weighted by atomic mass is 10.1. The number of halogens is 1. The molecule has 186 valence electrons. The zero-order chi connectivity index (χ0) is 26.2. The largest absolute Gasteiger partial charge is 0.309 e. The Bertz CT molecular complexity index is 1830. The van der Waals surface area contributed by atoms with Crippen LogP contribution in [-0.2, 0) is 0 Å². The Morgan fingerprint density at radius 1 is 0.410 bits per heavy atom. The van der Waals surface area contributed by atoms with E-state index < -0.39 is 7.38 Å². The second-order valence-electron chi connectivity index (χ2n) is 9.89. The molecule has 0 unspecified atom stereocenters. The molecule has 0 amide bonds. The summed E-state index contributed by atoms with van der Waals surface area (Å²) in [6.45, 7) is 0. The van der Waals surface area contributed by atoms with Crippen molar-refractivity contribution >= 4 is 55.8 Å². The van der Waals surface area contributed by atoms with Gasteiger partial charge in [-0.05, 0) is 51.0 Å². The number of para-hydroxylation sites is 2. The Morgan fingerprint density at radius 2 is 0.872 bits per heavy atom. The van der Waals surface area contributed by atoms with Crippen molar-refractivity contribution in [1.29, 1.82) is 0 Å². The first-order valence-electron chi connectivity index (χ1n) is 13.2. The average Bonchev–Trinajstić information content (AvgIpc) is 3.36. The van der Waals surface area contributed by atoms with E-state index in [0.29, 0.717) is 0 Å². The van der Waals surface area contributed by atoms with Crippen LogP contribution in [0.15, 0.2) is 158 Å². The molecule has 0 aliphatic carbocycles. The first-order valence-corrected chi connectivity index (χ1v) is 16.2. The number of benzene rings is 6. The Morgan fingerprint density at radius 3 is 1.46 bits per heavy atom. The van der Waals surface area contributed by atoms with Gasteiger partial charge in [0.1, 0.15) is 0 Å². The van der Waals surface area contributed by atoms with Gasteiger partial charge in [0.2, 0.25) is 7.38 Å². The Hall–Kier alpha value is -4.37. The van der Waals surface area contributed by atoms with Crippen molar-refractivity contribution in [3.05, 3.63) is 158 Å². The summed E-state index contributed by atoms with van der Waals surface area (Å²) in [5.41, 5.74) is 5.91. The van der Waals surface area contributed by atoms with Gasteiger partial charge < -0.3 is 4.57 Å². The van der Waals surface area contributed by atoms with Gasteiger partial charge in [-0.15, -0.1) is 11.1 Å². The second kappa shape index (κ2) is 9.74. The van der Waals surface area contributed by atoms with Gasteiger partial charge in [-0.2, -0.15) is 0 Å². The standard InChI is InChI=1S/C36H26ClNSi/c37-39(30-16-3-1-4-17-30,31-18-5-2-6-19-31)32-20-12-14-28(26-32)27-13-11-15-29(25-27)38-35-23-9-7-21-33(35)34-22-8-10-24-36(34)38/h1-26H. The number of aromatic nitrogens is 1. The van der Waals surface area contributed by atoms with Crippen LogP contribution in [0.4, 0.5) is 0 Å². The molecule has 0 atom stereocenters. The van der Waals surface area contributed by atoms with Crippen LogP contribution in [0.5, 0.6) is 0 Å². The van der Waals surface area contributed by atoms with E-state index in [2.05, 4.69) is 162 Å². The van der Waals surface area contributed by atoms with E-state index in [-0.39, 0.29) is 0 Å². The molecule has 0 fully saturated rings. The fourth-order valence-corrected chi connectivity index (χ4v) is 9.87. The van der Waals surface area contributed by atoms with Gasteiger partial charge >= 0.3 is 0 Å². The molecule has 0 bridgehead atoms. The molecule has 0 aliphatic rings. The summed E-state index contributed by atoms with van der Waals surface area (Å²) in [7, 11) is -2.71. The minimum absolute atomic E-state index is 1.15. The molecule has 1 aromatic heterocycles. The van der Waals surface area contributed by atoms with Crippen molar-refractivity contribution < 1.29 is 0 Å². The molecular formula is C36H26ClNSi. The SMILES string of the molecule is Cl[Si](c1ccccc1)(c1ccccc1)c1cccc(-c2cccc(-n3c4ccccc4c4ccccc43)c2)c1. The molecule has 39 heavy (non-hydrogen) atoms. The maximum Gasteiger partial charge on any atom is 0.247 e. The van der Waals surface area contributed by atoms with Crippen LogP contribution in [0.1, 0.15) is 0 Å². The van der Waals surface area contributed by atoms with E-state index in [1.807, 2.05) is 0 Å². The topological polar surface area (TPSA) is 4.93 Å². The predicted octanol–water partition coefficient (Wildman–Crippen LogP) is 7.66. The van der Waals surface area contributed by atoms with E-state index in [9.17, 15) is 0 Å². The van der Waals surface area contributed by atoms with Crippen molar-refractivity contribution in [3.63, 3.8) is 0 Å². The molecular weight excluding hydrogens is 510 g/mol. The molecule has 3 heteroatoms. The van der Waals surface area contributed by atoms with Crippen LogP contribution in [0.2, 0.25) is 0 Å². The Kier molecular flexibility index (Phi) is 5.92. The van der Waals surface area contributed by atoms with Gasteiger partial charge in [0.25, 0.3) is 0 Å². The molecule has 1 nitrogen and oxygen atoms in total. The van der Waals surface area contributed by atoms with E-state index in [0.717, 1.165) is 5.69 Å².